The zero-order valence-electron chi connectivity index (χ0n) is 13.7. The van der Waals surface area contributed by atoms with Crippen LogP contribution >= 0.6 is 0 Å². The molecule has 1 fully saturated rings. The van der Waals surface area contributed by atoms with Crippen LogP contribution in [0.5, 0.6) is 5.88 Å². The van der Waals surface area contributed by atoms with Crippen molar-refractivity contribution in [3.8, 4) is 5.88 Å². The summed E-state index contributed by atoms with van der Waals surface area (Å²) >= 11 is 0. The third-order valence-electron chi connectivity index (χ3n) is 4.54. The molecule has 0 unspecified atom stereocenters. The normalized spacial score (nSPS) is 16.8. The molecule has 9 nitrogen and oxygen atoms in total. The van der Waals surface area contributed by atoms with Crippen molar-refractivity contribution >= 4 is 5.65 Å². The van der Waals surface area contributed by atoms with E-state index in [-0.39, 0.29) is 0 Å². The Morgan fingerprint density at radius 3 is 2.75 bits per heavy atom. The van der Waals surface area contributed by atoms with Crippen molar-refractivity contribution in [2.45, 2.75) is 32.2 Å². The molecule has 0 bridgehead atoms. The van der Waals surface area contributed by atoms with Gasteiger partial charge in [-0.3, -0.25) is 4.90 Å². The molecule has 0 amide bonds. The molecule has 0 aliphatic carbocycles. The number of piperidine rings is 1. The van der Waals surface area contributed by atoms with Gasteiger partial charge in [-0.15, -0.1) is 15.3 Å². The lowest BCUT2D eigenvalue weighted by molar-refractivity contribution is 0.194. The van der Waals surface area contributed by atoms with Gasteiger partial charge in [0.15, 0.2) is 11.5 Å². The van der Waals surface area contributed by atoms with E-state index in [1.807, 2.05) is 13.0 Å². The van der Waals surface area contributed by atoms with Crippen LogP contribution in [0.2, 0.25) is 0 Å². The fourth-order valence-corrected chi connectivity index (χ4v) is 3.11. The zero-order valence-corrected chi connectivity index (χ0v) is 13.7. The molecule has 1 aliphatic heterocycles. The molecule has 0 spiro atoms. The first kappa shape index (κ1) is 15.0. The minimum absolute atomic E-state index is 0.340. The number of hydrogen-bond acceptors (Lipinski definition) is 8. The number of rotatable bonds is 4. The van der Waals surface area contributed by atoms with Crippen molar-refractivity contribution in [3.63, 3.8) is 0 Å². The molecule has 1 saturated heterocycles. The van der Waals surface area contributed by atoms with Gasteiger partial charge in [0.2, 0.25) is 5.88 Å². The van der Waals surface area contributed by atoms with Crippen molar-refractivity contribution < 1.29 is 9.37 Å². The lowest BCUT2D eigenvalue weighted by Crippen LogP contribution is -2.33. The van der Waals surface area contributed by atoms with Crippen molar-refractivity contribution in [2.75, 3.05) is 20.2 Å². The molecule has 4 rings (SSSR count). The fourth-order valence-electron chi connectivity index (χ4n) is 3.11. The van der Waals surface area contributed by atoms with E-state index in [1.165, 1.54) is 0 Å². The second-order valence-electron chi connectivity index (χ2n) is 6.05. The Bertz CT molecular complexity index is 835. The molecule has 4 heterocycles. The van der Waals surface area contributed by atoms with Gasteiger partial charge >= 0.3 is 0 Å². The van der Waals surface area contributed by atoms with Gasteiger partial charge in [-0.05, 0) is 38.9 Å². The zero-order chi connectivity index (χ0) is 16.5. The van der Waals surface area contributed by atoms with Gasteiger partial charge in [0.25, 0.3) is 0 Å². The van der Waals surface area contributed by atoms with Crippen LogP contribution in [0.25, 0.3) is 5.65 Å². The third-order valence-corrected chi connectivity index (χ3v) is 4.54. The second-order valence-corrected chi connectivity index (χ2v) is 6.05. The topological polar surface area (TPSA) is 94.5 Å². The highest BCUT2D eigenvalue weighted by Gasteiger charge is 2.26. The Kier molecular flexibility index (Phi) is 3.85. The predicted molar refractivity (Wildman–Crippen MR) is 83.6 cm³/mol. The van der Waals surface area contributed by atoms with Gasteiger partial charge in [0.1, 0.15) is 11.4 Å². The standard InChI is InChI=1S/C15H19N7O2/c1-10-12(20-24-19-10)9-21-7-5-11(6-8-21)15-17-16-13-3-4-14(23-2)18-22(13)15/h3-4,11H,5-9H2,1-2H3. The molecule has 0 radical (unpaired) electrons. The maximum Gasteiger partial charge on any atom is 0.231 e. The van der Waals surface area contributed by atoms with E-state index >= 15 is 0 Å². The molecule has 126 valence electrons. The number of aromatic nitrogens is 6. The summed E-state index contributed by atoms with van der Waals surface area (Å²) in [5, 5.41) is 20.8. The molecule has 0 aromatic carbocycles. The summed E-state index contributed by atoms with van der Waals surface area (Å²) in [6.45, 7) is 4.63. The van der Waals surface area contributed by atoms with Crippen LogP contribution in [0.4, 0.5) is 0 Å². The van der Waals surface area contributed by atoms with Gasteiger partial charge in [0, 0.05) is 18.5 Å². The van der Waals surface area contributed by atoms with E-state index in [0.29, 0.717) is 11.8 Å². The first-order valence-electron chi connectivity index (χ1n) is 8.01. The molecule has 0 saturated carbocycles. The van der Waals surface area contributed by atoms with E-state index in [9.17, 15) is 0 Å². The third kappa shape index (κ3) is 2.71. The Balaban J connectivity index is 1.47. The Hall–Kier alpha value is -2.55. The molecule has 1 aliphatic rings. The number of methoxy groups -OCH3 is 1. The van der Waals surface area contributed by atoms with E-state index in [1.54, 1.807) is 17.7 Å². The highest BCUT2D eigenvalue weighted by Crippen LogP contribution is 2.27. The van der Waals surface area contributed by atoms with Gasteiger partial charge in [-0.25, -0.2) is 4.63 Å². The van der Waals surface area contributed by atoms with Gasteiger partial charge in [-0.1, -0.05) is 10.3 Å². The number of ether oxygens (including phenoxy) is 1. The smallest absolute Gasteiger partial charge is 0.231 e. The molecular formula is C15H19N7O2. The first-order valence-corrected chi connectivity index (χ1v) is 8.01. The van der Waals surface area contributed by atoms with E-state index in [2.05, 4.69) is 30.5 Å². The average molecular weight is 329 g/mol. The molecule has 9 heteroatoms. The van der Waals surface area contributed by atoms with Crippen LogP contribution in [-0.4, -0.2) is 55.2 Å². The number of aryl methyl sites for hydroxylation is 1. The second kappa shape index (κ2) is 6.16. The largest absolute Gasteiger partial charge is 0.480 e. The van der Waals surface area contributed by atoms with Crippen LogP contribution in [-0.2, 0) is 6.54 Å². The fraction of sp³-hybridized carbons (Fsp3) is 0.533. The molecule has 0 atom stereocenters. The highest BCUT2D eigenvalue weighted by molar-refractivity contribution is 5.38. The van der Waals surface area contributed by atoms with E-state index in [0.717, 1.165) is 55.3 Å². The number of fused-ring (bicyclic) bond motifs is 1. The quantitative estimate of drug-likeness (QED) is 0.705. The summed E-state index contributed by atoms with van der Waals surface area (Å²) in [6.07, 6.45) is 2.01. The number of hydrogen-bond donors (Lipinski definition) is 0. The SMILES string of the molecule is COc1ccc2nnc(C3CCN(Cc4nonc4C)CC3)n2n1. The van der Waals surface area contributed by atoms with Crippen LogP contribution in [0.1, 0.15) is 36.0 Å². The Morgan fingerprint density at radius 2 is 2.04 bits per heavy atom. The van der Waals surface area contributed by atoms with Gasteiger partial charge < -0.3 is 4.74 Å². The summed E-state index contributed by atoms with van der Waals surface area (Å²) in [5.41, 5.74) is 2.52. The van der Waals surface area contributed by atoms with Crippen LogP contribution < -0.4 is 4.74 Å². The molecule has 0 N–H and O–H groups in total. The molecule has 24 heavy (non-hydrogen) atoms. The molecule has 3 aromatic heterocycles. The van der Waals surface area contributed by atoms with Gasteiger partial charge in [0.05, 0.1) is 7.11 Å². The van der Waals surface area contributed by atoms with Crippen LogP contribution in [0.3, 0.4) is 0 Å². The van der Waals surface area contributed by atoms with Crippen molar-refractivity contribution in [2.24, 2.45) is 0 Å². The summed E-state index contributed by atoms with van der Waals surface area (Å²) in [5.74, 6) is 1.81. The summed E-state index contributed by atoms with van der Waals surface area (Å²) < 4.78 is 11.8. The minimum Gasteiger partial charge on any atom is -0.480 e. The van der Waals surface area contributed by atoms with Crippen molar-refractivity contribution in [1.82, 2.24) is 35.0 Å². The van der Waals surface area contributed by atoms with Crippen LogP contribution in [0, 0.1) is 6.92 Å². The van der Waals surface area contributed by atoms with Gasteiger partial charge in [-0.2, -0.15) is 4.52 Å². The predicted octanol–water partition coefficient (Wildman–Crippen LogP) is 1.20. The monoisotopic (exact) mass is 329 g/mol. The van der Waals surface area contributed by atoms with E-state index in [4.69, 9.17) is 9.37 Å². The lowest BCUT2D eigenvalue weighted by atomic mass is 9.96. The average Bonchev–Trinajstić information content (AvgIpc) is 3.21. The molecule has 3 aromatic rings. The van der Waals surface area contributed by atoms with E-state index < -0.39 is 0 Å². The lowest BCUT2D eigenvalue weighted by Gasteiger charge is -2.30. The first-order chi connectivity index (χ1) is 11.7. The number of likely N-dealkylation sites (tertiary alicyclic amines) is 1. The summed E-state index contributed by atoms with van der Waals surface area (Å²) in [4.78, 5) is 2.36. The Labute approximate surface area is 138 Å². The Morgan fingerprint density at radius 1 is 1.21 bits per heavy atom. The summed E-state index contributed by atoms with van der Waals surface area (Å²) in [7, 11) is 1.61. The summed E-state index contributed by atoms with van der Waals surface area (Å²) in [6, 6.07) is 3.67. The van der Waals surface area contributed by atoms with Crippen molar-refractivity contribution in [3.05, 3.63) is 29.3 Å². The highest BCUT2D eigenvalue weighted by atomic mass is 16.6. The molecular weight excluding hydrogens is 310 g/mol. The van der Waals surface area contributed by atoms with Crippen LogP contribution in [0.15, 0.2) is 16.8 Å². The minimum atomic E-state index is 0.340. The maximum atomic E-state index is 5.20. The van der Waals surface area contributed by atoms with Crippen molar-refractivity contribution in [1.29, 1.82) is 0 Å². The maximum absolute atomic E-state index is 5.20. The number of nitrogens with zero attached hydrogens (tertiary/aromatic N) is 7.